The smallest absolute Gasteiger partial charge is 0.128 e. The average molecular weight is 205 g/mol. The lowest BCUT2D eigenvalue weighted by Gasteiger charge is -2.22. The maximum absolute atomic E-state index is 4.32. The fraction of sp³-hybridized carbons (Fsp3) is 0.667. The van der Waals surface area contributed by atoms with Crippen LogP contribution in [0.15, 0.2) is 12.4 Å². The van der Waals surface area contributed by atoms with Crippen molar-refractivity contribution in [3.63, 3.8) is 0 Å². The van der Waals surface area contributed by atoms with Gasteiger partial charge in [0.25, 0.3) is 0 Å². The largest absolute Gasteiger partial charge is 0.314 e. The molecule has 1 saturated heterocycles. The molecule has 2 heterocycles. The average Bonchev–Trinajstić information content (AvgIpc) is 2.30. The number of rotatable bonds is 3. The van der Waals surface area contributed by atoms with Crippen molar-refractivity contribution in [2.24, 2.45) is 0 Å². The van der Waals surface area contributed by atoms with Crippen LogP contribution in [0, 0.1) is 6.92 Å². The van der Waals surface area contributed by atoms with Crippen LogP contribution in [0.2, 0.25) is 0 Å². The summed E-state index contributed by atoms with van der Waals surface area (Å²) < 4.78 is 0. The molecule has 0 aliphatic carbocycles. The van der Waals surface area contributed by atoms with Gasteiger partial charge in [-0.2, -0.15) is 0 Å². The Kier molecular flexibility index (Phi) is 3.67. The summed E-state index contributed by atoms with van der Waals surface area (Å²) in [5, 5.41) is 3.55. The molecule has 0 aromatic carbocycles. The Balaban J connectivity index is 1.79. The van der Waals surface area contributed by atoms with Crippen molar-refractivity contribution in [2.75, 3.05) is 6.54 Å². The highest BCUT2D eigenvalue weighted by Crippen LogP contribution is 2.11. The van der Waals surface area contributed by atoms with Crippen LogP contribution in [-0.4, -0.2) is 22.6 Å². The van der Waals surface area contributed by atoms with E-state index < -0.39 is 0 Å². The molecule has 1 fully saturated rings. The van der Waals surface area contributed by atoms with Gasteiger partial charge in [-0.1, -0.05) is 6.42 Å². The molecule has 3 nitrogen and oxygen atoms in total. The SMILES string of the molecule is Cc1cnc(CCC2CCCCN2)nc1. The van der Waals surface area contributed by atoms with Crippen LogP contribution in [0.25, 0.3) is 0 Å². The minimum Gasteiger partial charge on any atom is -0.314 e. The minimum atomic E-state index is 0.684. The first-order chi connectivity index (χ1) is 7.34. The number of aryl methyl sites for hydroxylation is 2. The lowest BCUT2D eigenvalue weighted by atomic mass is 10.0. The maximum atomic E-state index is 4.32. The second-order valence-corrected chi connectivity index (χ2v) is 4.36. The molecule has 1 unspecified atom stereocenters. The van der Waals surface area contributed by atoms with E-state index in [1.54, 1.807) is 0 Å². The number of nitrogens with one attached hydrogen (secondary N) is 1. The molecule has 1 aliphatic rings. The van der Waals surface area contributed by atoms with Crippen molar-refractivity contribution in [1.82, 2.24) is 15.3 Å². The third kappa shape index (κ3) is 3.27. The standard InChI is InChI=1S/C12H19N3/c1-10-8-14-12(15-9-10)6-5-11-4-2-3-7-13-11/h8-9,11,13H,2-7H2,1H3. The molecule has 15 heavy (non-hydrogen) atoms. The van der Waals surface area contributed by atoms with Crippen LogP contribution in [0.5, 0.6) is 0 Å². The lowest BCUT2D eigenvalue weighted by molar-refractivity contribution is 0.381. The van der Waals surface area contributed by atoms with Crippen LogP contribution in [0.3, 0.4) is 0 Å². The Morgan fingerprint density at radius 1 is 1.33 bits per heavy atom. The van der Waals surface area contributed by atoms with Gasteiger partial charge in [0.05, 0.1) is 0 Å². The second-order valence-electron chi connectivity index (χ2n) is 4.36. The van der Waals surface area contributed by atoms with Crippen molar-refractivity contribution >= 4 is 0 Å². The molecule has 0 saturated carbocycles. The van der Waals surface area contributed by atoms with Crippen molar-refractivity contribution in [3.8, 4) is 0 Å². The Morgan fingerprint density at radius 2 is 2.13 bits per heavy atom. The molecule has 0 amide bonds. The van der Waals surface area contributed by atoms with E-state index in [2.05, 4.69) is 15.3 Å². The molecule has 2 rings (SSSR count). The number of nitrogens with zero attached hydrogens (tertiary/aromatic N) is 2. The number of piperidine rings is 1. The van der Waals surface area contributed by atoms with E-state index in [0.29, 0.717) is 6.04 Å². The fourth-order valence-corrected chi connectivity index (χ4v) is 2.02. The van der Waals surface area contributed by atoms with E-state index in [-0.39, 0.29) is 0 Å². The van der Waals surface area contributed by atoms with E-state index >= 15 is 0 Å². The Morgan fingerprint density at radius 3 is 2.80 bits per heavy atom. The Hall–Kier alpha value is -0.960. The zero-order chi connectivity index (χ0) is 10.5. The molecule has 1 aromatic heterocycles. The van der Waals surface area contributed by atoms with E-state index in [1.807, 2.05) is 19.3 Å². The molecule has 0 bridgehead atoms. The number of aromatic nitrogens is 2. The minimum absolute atomic E-state index is 0.684. The molecule has 3 heteroatoms. The molecular formula is C12H19N3. The van der Waals surface area contributed by atoms with E-state index in [1.165, 1.54) is 32.2 Å². The molecule has 0 spiro atoms. The van der Waals surface area contributed by atoms with Gasteiger partial charge in [-0.05, 0) is 38.3 Å². The summed E-state index contributed by atoms with van der Waals surface area (Å²) in [5.41, 5.74) is 1.13. The van der Waals surface area contributed by atoms with E-state index in [0.717, 1.165) is 17.8 Å². The number of hydrogen-bond acceptors (Lipinski definition) is 3. The molecular weight excluding hydrogens is 186 g/mol. The van der Waals surface area contributed by atoms with Crippen LogP contribution in [0.1, 0.15) is 37.1 Å². The summed E-state index contributed by atoms with van der Waals surface area (Å²) in [6.07, 6.45) is 9.98. The van der Waals surface area contributed by atoms with Crippen LogP contribution in [-0.2, 0) is 6.42 Å². The molecule has 1 aromatic rings. The first kappa shape index (κ1) is 10.6. The van der Waals surface area contributed by atoms with Gasteiger partial charge < -0.3 is 5.32 Å². The molecule has 1 atom stereocenters. The normalized spacial score (nSPS) is 21.5. The summed E-state index contributed by atoms with van der Waals surface area (Å²) in [6.45, 7) is 3.20. The van der Waals surface area contributed by atoms with Gasteiger partial charge in [0.2, 0.25) is 0 Å². The predicted molar refractivity (Wildman–Crippen MR) is 60.7 cm³/mol. The van der Waals surface area contributed by atoms with E-state index in [9.17, 15) is 0 Å². The summed E-state index contributed by atoms with van der Waals surface area (Å²) in [4.78, 5) is 8.65. The molecule has 0 radical (unpaired) electrons. The highest BCUT2D eigenvalue weighted by molar-refractivity contribution is 5.02. The quantitative estimate of drug-likeness (QED) is 0.818. The topological polar surface area (TPSA) is 37.8 Å². The molecule has 1 aliphatic heterocycles. The first-order valence-electron chi connectivity index (χ1n) is 5.85. The van der Waals surface area contributed by atoms with Crippen molar-refractivity contribution < 1.29 is 0 Å². The number of hydrogen-bond donors (Lipinski definition) is 1. The summed E-state index contributed by atoms with van der Waals surface area (Å²) in [6, 6.07) is 0.684. The fourth-order valence-electron chi connectivity index (χ4n) is 2.02. The zero-order valence-electron chi connectivity index (χ0n) is 9.37. The van der Waals surface area contributed by atoms with Gasteiger partial charge in [0, 0.05) is 24.9 Å². The predicted octanol–water partition coefficient (Wildman–Crippen LogP) is 1.86. The Labute approximate surface area is 91.3 Å². The van der Waals surface area contributed by atoms with Gasteiger partial charge >= 0.3 is 0 Å². The Bertz CT molecular complexity index is 288. The van der Waals surface area contributed by atoms with Gasteiger partial charge in [0.1, 0.15) is 5.82 Å². The summed E-state index contributed by atoms with van der Waals surface area (Å²) in [5.74, 6) is 0.980. The summed E-state index contributed by atoms with van der Waals surface area (Å²) >= 11 is 0. The second kappa shape index (κ2) is 5.21. The third-order valence-electron chi connectivity index (χ3n) is 2.96. The third-order valence-corrected chi connectivity index (χ3v) is 2.96. The van der Waals surface area contributed by atoms with Gasteiger partial charge in [0.15, 0.2) is 0 Å². The van der Waals surface area contributed by atoms with Crippen molar-refractivity contribution in [1.29, 1.82) is 0 Å². The molecule has 82 valence electrons. The van der Waals surface area contributed by atoms with Gasteiger partial charge in [-0.15, -0.1) is 0 Å². The van der Waals surface area contributed by atoms with E-state index in [4.69, 9.17) is 0 Å². The zero-order valence-corrected chi connectivity index (χ0v) is 9.37. The maximum Gasteiger partial charge on any atom is 0.128 e. The van der Waals surface area contributed by atoms with Crippen molar-refractivity contribution in [3.05, 3.63) is 23.8 Å². The first-order valence-corrected chi connectivity index (χ1v) is 5.85. The van der Waals surface area contributed by atoms with Gasteiger partial charge in [-0.3, -0.25) is 0 Å². The lowest BCUT2D eigenvalue weighted by Crippen LogP contribution is -2.34. The highest BCUT2D eigenvalue weighted by Gasteiger charge is 2.12. The van der Waals surface area contributed by atoms with Crippen LogP contribution < -0.4 is 5.32 Å². The summed E-state index contributed by atoms with van der Waals surface area (Å²) in [7, 11) is 0. The van der Waals surface area contributed by atoms with Crippen LogP contribution >= 0.6 is 0 Å². The molecule has 1 N–H and O–H groups in total. The monoisotopic (exact) mass is 205 g/mol. The van der Waals surface area contributed by atoms with Crippen LogP contribution in [0.4, 0.5) is 0 Å². The van der Waals surface area contributed by atoms with Crippen molar-refractivity contribution in [2.45, 2.75) is 45.1 Å². The highest BCUT2D eigenvalue weighted by atomic mass is 14.9. The van der Waals surface area contributed by atoms with Gasteiger partial charge in [-0.25, -0.2) is 9.97 Å².